The highest BCUT2D eigenvalue weighted by Crippen LogP contribution is 2.28. The van der Waals surface area contributed by atoms with Crippen molar-refractivity contribution in [2.75, 3.05) is 12.5 Å². The Kier molecular flexibility index (Phi) is 2.66. The zero-order valence-corrected chi connectivity index (χ0v) is 8.36. The molecular weight excluding hydrogens is 196 g/mol. The maximum atomic E-state index is 11.3. The highest BCUT2D eigenvalue weighted by atomic mass is 16.5. The van der Waals surface area contributed by atoms with Crippen molar-refractivity contribution < 1.29 is 9.53 Å². The number of nitrogens with zero attached hydrogens (tertiary/aromatic N) is 2. The Morgan fingerprint density at radius 3 is 3.07 bits per heavy atom. The van der Waals surface area contributed by atoms with Crippen molar-refractivity contribution in [3.8, 4) is 5.88 Å². The van der Waals surface area contributed by atoms with Crippen molar-refractivity contribution >= 4 is 11.9 Å². The van der Waals surface area contributed by atoms with E-state index < -0.39 is 0 Å². The summed E-state index contributed by atoms with van der Waals surface area (Å²) < 4.78 is 4.92. The first-order valence-electron chi connectivity index (χ1n) is 4.72. The molecule has 1 fully saturated rings. The summed E-state index contributed by atoms with van der Waals surface area (Å²) in [6.07, 6.45) is 3.48. The highest BCUT2D eigenvalue weighted by Gasteiger charge is 2.29. The Morgan fingerprint density at radius 2 is 2.40 bits per heavy atom. The smallest absolute Gasteiger partial charge is 0.245 e. The van der Waals surface area contributed by atoms with Crippen LogP contribution >= 0.6 is 0 Å². The fourth-order valence-electron chi connectivity index (χ4n) is 1.08. The van der Waals surface area contributed by atoms with E-state index in [4.69, 9.17) is 4.74 Å². The summed E-state index contributed by atoms with van der Waals surface area (Å²) in [5.74, 6) is 0.918. The molecule has 2 N–H and O–H groups in total. The van der Waals surface area contributed by atoms with Gasteiger partial charge in [0, 0.05) is 18.2 Å². The van der Waals surface area contributed by atoms with Crippen LogP contribution in [0, 0.1) is 5.92 Å². The number of hydrogen-bond acceptors (Lipinski definition) is 5. The van der Waals surface area contributed by atoms with Gasteiger partial charge >= 0.3 is 0 Å². The largest absolute Gasteiger partial charge is 0.481 e. The molecule has 1 amide bonds. The molecule has 1 aromatic heterocycles. The first-order chi connectivity index (χ1) is 7.29. The molecule has 0 spiro atoms. The number of aromatic nitrogens is 2. The Labute approximate surface area is 87.0 Å². The second kappa shape index (κ2) is 4.12. The minimum absolute atomic E-state index is 0.0126. The predicted octanol–water partition coefficient (Wildman–Crippen LogP) is 0.338. The third-order valence-electron chi connectivity index (χ3n) is 2.08. The van der Waals surface area contributed by atoms with Crippen LogP contribution in [0.3, 0.4) is 0 Å². The van der Waals surface area contributed by atoms with Crippen LogP contribution in [-0.2, 0) is 4.79 Å². The van der Waals surface area contributed by atoms with Crippen LogP contribution in [0.4, 0.5) is 5.95 Å². The van der Waals surface area contributed by atoms with E-state index in [-0.39, 0.29) is 11.8 Å². The number of carbonyl (C=O) groups excluding carboxylic acids is 1. The molecule has 0 radical (unpaired) electrons. The summed E-state index contributed by atoms with van der Waals surface area (Å²) >= 11 is 0. The van der Waals surface area contributed by atoms with Gasteiger partial charge < -0.3 is 4.74 Å². The van der Waals surface area contributed by atoms with Gasteiger partial charge in [0.15, 0.2) is 0 Å². The van der Waals surface area contributed by atoms with Crippen molar-refractivity contribution in [3.63, 3.8) is 0 Å². The zero-order valence-electron chi connectivity index (χ0n) is 8.36. The first kappa shape index (κ1) is 9.70. The quantitative estimate of drug-likeness (QED) is 0.698. The monoisotopic (exact) mass is 208 g/mol. The van der Waals surface area contributed by atoms with Crippen LogP contribution in [0.1, 0.15) is 12.8 Å². The molecule has 0 saturated heterocycles. The van der Waals surface area contributed by atoms with E-state index in [0.717, 1.165) is 12.8 Å². The summed E-state index contributed by atoms with van der Waals surface area (Å²) in [6, 6.07) is 1.63. The predicted molar refractivity (Wildman–Crippen MR) is 53.1 cm³/mol. The number of amides is 1. The molecule has 1 saturated carbocycles. The lowest BCUT2D eigenvalue weighted by Crippen LogP contribution is -2.31. The Hall–Kier alpha value is -1.85. The van der Waals surface area contributed by atoms with E-state index >= 15 is 0 Å². The SMILES string of the molecule is COc1ccnc(NNC(=O)C2CC2)n1. The van der Waals surface area contributed by atoms with Crippen molar-refractivity contribution in [2.24, 2.45) is 5.92 Å². The van der Waals surface area contributed by atoms with Gasteiger partial charge in [0.05, 0.1) is 7.11 Å². The molecule has 2 rings (SSSR count). The molecule has 6 nitrogen and oxygen atoms in total. The molecule has 1 heterocycles. The summed E-state index contributed by atoms with van der Waals surface area (Å²) in [4.78, 5) is 19.2. The van der Waals surface area contributed by atoms with E-state index in [1.165, 1.54) is 7.11 Å². The fraction of sp³-hybridized carbons (Fsp3) is 0.444. The molecule has 6 heteroatoms. The van der Waals surface area contributed by atoms with Crippen molar-refractivity contribution in [3.05, 3.63) is 12.3 Å². The summed E-state index contributed by atoms with van der Waals surface area (Å²) in [7, 11) is 1.52. The second-order valence-corrected chi connectivity index (χ2v) is 3.31. The van der Waals surface area contributed by atoms with Crippen molar-refractivity contribution in [1.29, 1.82) is 0 Å². The first-order valence-corrected chi connectivity index (χ1v) is 4.72. The number of rotatable bonds is 4. The molecule has 1 aliphatic carbocycles. The number of hydrazine groups is 1. The minimum Gasteiger partial charge on any atom is -0.481 e. The van der Waals surface area contributed by atoms with Crippen LogP contribution in [-0.4, -0.2) is 23.0 Å². The lowest BCUT2D eigenvalue weighted by Gasteiger charge is -2.06. The van der Waals surface area contributed by atoms with Crippen LogP contribution in [0.25, 0.3) is 0 Å². The molecule has 0 aliphatic heterocycles. The molecular formula is C9H12N4O2. The van der Waals surface area contributed by atoms with E-state index in [1.54, 1.807) is 12.3 Å². The molecule has 1 aliphatic rings. The van der Waals surface area contributed by atoms with Gasteiger partial charge in [0.25, 0.3) is 0 Å². The molecule has 0 aromatic carbocycles. The average molecular weight is 208 g/mol. The number of hydrogen-bond donors (Lipinski definition) is 2. The number of methoxy groups -OCH3 is 1. The molecule has 80 valence electrons. The van der Waals surface area contributed by atoms with E-state index in [9.17, 15) is 4.79 Å². The van der Waals surface area contributed by atoms with Crippen LogP contribution in [0.5, 0.6) is 5.88 Å². The van der Waals surface area contributed by atoms with Gasteiger partial charge in [-0.2, -0.15) is 4.98 Å². The van der Waals surface area contributed by atoms with E-state index in [2.05, 4.69) is 20.8 Å². The van der Waals surface area contributed by atoms with Crippen LogP contribution in [0.15, 0.2) is 12.3 Å². The Bertz CT molecular complexity index is 365. The van der Waals surface area contributed by atoms with Gasteiger partial charge in [-0.15, -0.1) is 0 Å². The summed E-state index contributed by atoms with van der Waals surface area (Å²) in [6.45, 7) is 0. The molecule has 0 atom stereocenters. The third kappa shape index (κ3) is 2.55. The minimum atomic E-state index is -0.0126. The number of carbonyl (C=O) groups is 1. The van der Waals surface area contributed by atoms with Gasteiger partial charge in [-0.1, -0.05) is 0 Å². The molecule has 15 heavy (non-hydrogen) atoms. The standard InChI is InChI=1S/C9H12N4O2/c1-15-7-4-5-10-9(11-7)13-12-8(14)6-2-3-6/h4-6H,2-3H2,1H3,(H,12,14)(H,10,11,13). The number of nitrogens with one attached hydrogen (secondary N) is 2. The average Bonchev–Trinajstić information content (AvgIpc) is 3.10. The topological polar surface area (TPSA) is 76.1 Å². The van der Waals surface area contributed by atoms with E-state index in [0.29, 0.717) is 11.8 Å². The lowest BCUT2D eigenvalue weighted by molar-refractivity contribution is -0.121. The maximum Gasteiger partial charge on any atom is 0.245 e. The summed E-state index contributed by atoms with van der Waals surface area (Å²) in [5, 5.41) is 0. The van der Waals surface area contributed by atoms with Crippen LogP contribution < -0.4 is 15.6 Å². The number of ether oxygens (including phenoxy) is 1. The normalized spacial score (nSPS) is 14.5. The molecule has 0 bridgehead atoms. The van der Waals surface area contributed by atoms with Crippen molar-refractivity contribution in [1.82, 2.24) is 15.4 Å². The number of anilines is 1. The molecule has 1 aromatic rings. The van der Waals surface area contributed by atoms with Gasteiger partial charge in [0.2, 0.25) is 17.7 Å². The zero-order chi connectivity index (χ0) is 10.7. The lowest BCUT2D eigenvalue weighted by atomic mass is 10.4. The third-order valence-corrected chi connectivity index (χ3v) is 2.08. The van der Waals surface area contributed by atoms with Crippen molar-refractivity contribution in [2.45, 2.75) is 12.8 Å². The Balaban J connectivity index is 1.89. The van der Waals surface area contributed by atoms with Gasteiger partial charge in [0.1, 0.15) is 0 Å². The summed E-state index contributed by atoms with van der Waals surface area (Å²) in [5.41, 5.74) is 5.18. The fourth-order valence-corrected chi connectivity index (χ4v) is 1.08. The highest BCUT2D eigenvalue weighted by molar-refractivity contribution is 5.81. The molecule has 0 unspecified atom stereocenters. The van der Waals surface area contributed by atoms with Crippen LogP contribution in [0.2, 0.25) is 0 Å². The van der Waals surface area contributed by atoms with Gasteiger partial charge in [-0.25, -0.2) is 4.98 Å². The Morgan fingerprint density at radius 1 is 1.60 bits per heavy atom. The maximum absolute atomic E-state index is 11.3. The van der Waals surface area contributed by atoms with E-state index in [1.807, 2.05) is 0 Å². The van der Waals surface area contributed by atoms with Gasteiger partial charge in [-0.3, -0.25) is 15.6 Å². The second-order valence-electron chi connectivity index (χ2n) is 3.31. The van der Waals surface area contributed by atoms with Gasteiger partial charge in [-0.05, 0) is 12.8 Å².